The minimum absolute atomic E-state index is 0. The number of carboxylic acids is 2. The molecule has 0 radical (unpaired) electrons. The molecule has 0 amide bonds. The summed E-state index contributed by atoms with van der Waals surface area (Å²) >= 11 is 0. The summed E-state index contributed by atoms with van der Waals surface area (Å²) in [5.41, 5.74) is -0.178. The molecule has 0 aromatic heterocycles. The first-order valence-electron chi connectivity index (χ1n) is 2.18. The van der Waals surface area contributed by atoms with E-state index in [-0.39, 0.29) is 111 Å². The molecule has 0 aliphatic rings. The quantitative estimate of drug-likeness (QED) is 0.352. The molecule has 11 heavy (non-hydrogen) atoms. The van der Waals surface area contributed by atoms with Gasteiger partial charge in [-0.25, -0.2) is 9.59 Å². The van der Waals surface area contributed by atoms with Crippen LogP contribution in [0.4, 0.5) is 0 Å². The summed E-state index contributed by atoms with van der Waals surface area (Å²) in [6, 6.07) is 0. The molecule has 0 heterocycles. The van der Waals surface area contributed by atoms with Crippen molar-refractivity contribution in [2.24, 2.45) is 0 Å². The molecule has 0 saturated carbocycles. The molecule has 0 fully saturated rings. The van der Waals surface area contributed by atoms with E-state index in [0.717, 1.165) is 0 Å². The van der Waals surface area contributed by atoms with E-state index in [0.29, 0.717) is 6.08 Å². The smallest absolute Gasteiger partial charge is 1.00 e. The fraction of sp³-hybridized carbons (Fsp3) is 0.200. The Balaban J connectivity index is -0.0000000533. The third kappa shape index (κ3) is 12.0. The molecule has 54 valence electrons. The van der Waals surface area contributed by atoms with Crippen molar-refractivity contribution in [1.29, 1.82) is 0 Å². The van der Waals surface area contributed by atoms with Crippen LogP contribution in [0.15, 0.2) is 11.6 Å². The predicted octanol–water partition coefficient (Wildman–Crippen LogP) is -5.67. The largest absolute Gasteiger partial charge is 1.00 e. The Morgan fingerprint density at radius 1 is 1.27 bits per heavy atom. The van der Waals surface area contributed by atoms with Crippen LogP contribution >= 0.6 is 0 Å². The van der Waals surface area contributed by atoms with Gasteiger partial charge in [-0.15, -0.1) is 0 Å². The zero-order valence-electron chi connectivity index (χ0n) is 8.79. The van der Waals surface area contributed by atoms with E-state index in [9.17, 15) is 9.59 Å². The van der Waals surface area contributed by atoms with Gasteiger partial charge in [0.25, 0.3) is 0 Å². The monoisotopic (exact) mass is 210 g/mol. The van der Waals surface area contributed by atoms with E-state index in [1.54, 1.807) is 0 Å². The number of rotatable bonds is 2. The summed E-state index contributed by atoms with van der Waals surface area (Å²) in [5, 5.41) is 16.1. The van der Waals surface area contributed by atoms with Crippen LogP contribution in [0.3, 0.4) is 0 Å². The van der Waals surface area contributed by atoms with Crippen LogP contribution in [0.5, 0.6) is 0 Å². The van der Waals surface area contributed by atoms with Crippen molar-refractivity contribution in [3.8, 4) is 0 Å². The Morgan fingerprint density at radius 2 is 1.64 bits per heavy atom. The molecule has 2 N–H and O–H groups in total. The van der Waals surface area contributed by atoms with Gasteiger partial charge in [0.15, 0.2) is 0 Å². The molecule has 0 rings (SSSR count). The number of carboxylic acid groups (broad SMARTS) is 2. The van der Waals surface area contributed by atoms with Crippen molar-refractivity contribution < 1.29 is 125 Å². The van der Waals surface area contributed by atoms with Crippen molar-refractivity contribution in [2.75, 3.05) is 0 Å². The van der Waals surface area contributed by atoms with E-state index >= 15 is 0 Å². The molecule has 0 atom stereocenters. The summed E-state index contributed by atoms with van der Waals surface area (Å²) in [5.74, 6) is -2.45. The first-order chi connectivity index (χ1) is 4.04. The molecule has 0 aliphatic heterocycles. The summed E-state index contributed by atoms with van der Waals surface area (Å²) in [4.78, 5) is 19.7. The van der Waals surface area contributed by atoms with Crippen LogP contribution in [-0.4, -0.2) is 22.2 Å². The Bertz CT molecular complexity index is 183. The molecule has 0 aromatic carbocycles. The summed E-state index contributed by atoms with van der Waals surface area (Å²) in [6.07, 6.45) is 0.641. The Labute approximate surface area is 152 Å². The second-order valence-corrected chi connectivity index (χ2v) is 1.47. The fourth-order valence-electron chi connectivity index (χ4n) is 0.247. The average molecular weight is 210 g/mol. The average Bonchev–Trinajstić information content (AvgIpc) is 1.63. The molecule has 0 spiro atoms. The van der Waals surface area contributed by atoms with Crippen LogP contribution < -0.4 is 103 Å². The van der Waals surface area contributed by atoms with Crippen LogP contribution in [-0.2, 0) is 9.59 Å². The number of aliphatic carboxylic acids is 2. The van der Waals surface area contributed by atoms with Gasteiger partial charge >= 0.3 is 115 Å². The number of hydrogen-bond donors (Lipinski definition) is 2. The minimum Gasteiger partial charge on any atom is -1.00 e. The second-order valence-electron chi connectivity index (χ2n) is 1.47. The SMILES string of the molecule is C/C(=C/C(=O)O)C(=O)O.[H-].[H-].[K+].[K+]. The van der Waals surface area contributed by atoms with E-state index in [1.165, 1.54) is 6.92 Å². The van der Waals surface area contributed by atoms with Crippen molar-refractivity contribution in [3.63, 3.8) is 0 Å². The maximum Gasteiger partial charge on any atom is 1.00 e. The molecule has 0 aliphatic carbocycles. The molecule has 0 unspecified atom stereocenters. The fourth-order valence-corrected chi connectivity index (χ4v) is 0.247. The standard InChI is InChI=1S/C5H6O4.2K.2H/c1-3(5(8)9)2-4(6)7;;;;/h2H,1H3,(H,6,7)(H,8,9);;;;/q;2*+1;2*-1/b3-2-;;;;. The van der Waals surface area contributed by atoms with E-state index in [1.807, 2.05) is 0 Å². The zero-order chi connectivity index (χ0) is 7.44. The molecule has 0 saturated heterocycles. The minimum atomic E-state index is -1.24. The molecular formula is C5H8K2O4. The number of hydrogen-bond acceptors (Lipinski definition) is 2. The molecule has 0 aromatic rings. The summed E-state index contributed by atoms with van der Waals surface area (Å²) in [7, 11) is 0. The van der Waals surface area contributed by atoms with Gasteiger partial charge in [0.1, 0.15) is 0 Å². The molecule has 6 heteroatoms. The number of carbonyl (C=O) groups is 2. The van der Waals surface area contributed by atoms with Crippen LogP contribution in [0, 0.1) is 0 Å². The van der Waals surface area contributed by atoms with Crippen LogP contribution in [0.1, 0.15) is 9.78 Å². The second kappa shape index (κ2) is 10.0. The Kier molecular flexibility index (Phi) is 17.0. The third-order valence-electron chi connectivity index (χ3n) is 0.677. The van der Waals surface area contributed by atoms with Crippen molar-refractivity contribution in [3.05, 3.63) is 11.6 Å². The van der Waals surface area contributed by atoms with Gasteiger partial charge in [0, 0.05) is 11.6 Å². The normalized spacial score (nSPS) is 9.00. The van der Waals surface area contributed by atoms with Gasteiger partial charge in [0.05, 0.1) is 0 Å². The first kappa shape index (κ1) is 18.7. The van der Waals surface area contributed by atoms with E-state index < -0.39 is 11.9 Å². The third-order valence-corrected chi connectivity index (χ3v) is 0.677. The molecule has 0 bridgehead atoms. The van der Waals surface area contributed by atoms with Crippen molar-refractivity contribution in [1.82, 2.24) is 0 Å². The van der Waals surface area contributed by atoms with Crippen LogP contribution in [0.25, 0.3) is 0 Å². The van der Waals surface area contributed by atoms with Gasteiger partial charge in [-0.3, -0.25) is 0 Å². The maximum atomic E-state index is 9.90. The van der Waals surface area contributed by atoms with Crippen molar-refractivity contribution in [2.45, 2.75) is 6.92 Å². The zero-order valence-corrected chi connectivity index (χ0v) is 13.0. The molecular weight excluding hydrogens is 202 g/mol. The van der Waals surface area contributed by atoms with Gasteiger partial charge in [-0.2, -0.15) is 0 Å². The van der Waals surface area contributed by atoms with Gasteiger partial charge in [-0.1, -0.05) is 0 Å². The van der Waals surface area contributed by atoms with Gasteiger partial charge < -0.3 is 13.1 Å². The van der Waals surface area contributed by atoms with Crippen molar-refractivity contribution >= 4 is 11.9 Å². The summed E-state index contributed by atoms with van der Waals surface area (Å²) < 4.78 is 0. The molecule has 4 nitrogen and oxygen atoms in total. The topological polar surface area (TPSA) is 74.6 Å². The maximum absolute atomic E-state index is 9.90. The van der Waals surface area contributed by atoms with Gasteiger partial charge in [-0.05, 0) is 6.92 Å². The van der Waals surface area contributed by atoms with Gasteiger partial charge in [0.2, 0.25) is 0 Å². The van der Waals surface area contributed by atoms with E-state index in [2.05, 4.69) is 0 Å². The first-order valence-corrected chi connectivity index (χ1v) is 2.18. The van der Waals surface area contributed by atoms with Crippen LogP contribution in [0.2, 0.25) is 0 Å². The van der Waals surface area contributed by atoms with E-state index in [4.69, 9.17) is 10.2 Å². The Morgan fingerprint density at radius 3 is 1.73 bits per heavy atom. The Hall–Kier alpha value is 1.95. The summed E-state index contributed by atoms with van der Waals surface area (Å²) in [6.45, 7) is 1.22. The predicted molar refractivity (Wildman–Crippen MR) is 31.3 cm³/mol.